The Hall–Kier alpha value is -1.39. The van der Waals surface area contributed by atoms with E-state index in [-0.39, 0.29) is 25.2 Å². The summed E-state index contributed by atoms with van der Waals surface area (Å²) in [7, 11) is 1.29. The summed E-state index contributed by atoms with van der Waals surface area (Å²) < 4.78 is 9.57. The van der Waals surface area contributed by atoms with E-state index < -0.39 is 17.4 Å². The van der Waals surface area contributed by atoms with Gasteiger partial charge < -0.3 is 9.47 Å². The maximum Gasteiger partial charge on any atom is 0.319 e. The van der Waals surface area contributed by atoms with Crippen LogP contribution in [0.1, 0.15) is 45.4 Å². The van der Waals surface area contributed by atoms with Gasteiger partial charge in [0.25, 0.3) is 0 Å². The first kappa shape index (κ1) is 14.7. The quantitative estimate of drug-likeness (QED) is 0.552. The van der Waals surface area contributed by atoms with Crippen LogP contribution in [-0.2, 0) is 23.9 Å². The Labute approximate surface area is 107 Å². The molecular formula is C13H20O5. The number of carbonyl (C=O) groups excluding carboxylic acids is 3. The number of esters is 2. The lowest BCUT2D eigenvalue weighted by atomic mass is 9.70. The molecule has 0 aromatic heterocycles. The van der Waals surface area contributed by atoms with Crippen molar-refractivity contribution in [3.05, 3.63) is 0 Å². The third-order valence-electron chi connectivity index (χ3n) is 3.44. The van der Waals surface area contributed by atoms with Crippen molar-refractivity contribution in [3.63, 3.8) is 0 Å². The van der Waals surface area contributed by atoms with Gasteiger partial charge in [-0.05, 0) is 26.2 Å². The normalized spacial score (nSPS) is 23.6. The molecule has 0 unspecified atom stereocenters. The van der Waals surface area contributed by atoms with Gasteiger partial charge >= 0.3 is 11.9 Å². The minimum absolute atomic E-state index is 0.0705. The van der Waals surface area contributed by atoms with Gasteiger partial charge in [-0.1, -0.05) is 6.42 Å². The number of ether oxygens (including phenoxy) is 2. The van der Waals surface area contributed by atoms with Crippen LogP contribution in [0.15, 0.2) is 0 Å². The predicted molar refractivity (Wildman–Crippen MR) is 63.8 cm³/mol. The van der Waals surface area contributed by atoms with Gasteiger partial charge in [-0.3, -0.25) is 14.4 Å². The summed E-state index contributed by atoms with van der Waals surface area (Å²) in [5.74, 6) is -0.994. The van der Waals surface area contributed by atoms with Crippen LogP contribution in [0.3, 0.4) is 0 Å². The van der Waals surface area contributed by atoms with Crippen molar-refractivity contribution in [3.8, 4) is 0 Å². The Morgan fingerprint density at radius 2 is 2.06 bits per heavy atom. The summed E-state index contributed by atoms with van der Waals surface area (Å²) in [6.45, 7) is 1.95. The van der Waals surface area contributed by atoms with Crippen molar-refractivity contribution in [2.75, 3.05) is 13.7 Å². The van der Waals surface area contributed by atoms with Crippen LogP contribution >= 0.6 is 0 Å². The van der Waals surface area contributed by atoms with Crippen LogP contribution in [0.4, 0.5) is 0 Å². The fourth-order valence-electron chi connectivity index (χ4n) is 2.36. The van der Waals surface area contributed by atoms with Crippen LogP contribution in [-0.4, -0.2) is 31.4 Å². The van der Waals surface area contributed by atoms with Crippen LogP contribution in [0.2, 0.25) is 0 Å². The molecule has 0 radical (unpaired) electrons. The van der Waals surface area contributed by atoms with Gasteiger partial charge in [0.1, 0.15) is 11.2 Å². The average Bonchev–Trinajstić information content (AvgIpc) is 2.38. The molecule has 0 amide bonds. The number of rotatable bonds is 5. The van der Waals surface area contributed by atoms with Crippen LogP contribution in [0.25, 0.3) is 0 Å². The Morgan fingerprint density at radius 1 is 1.33 bits per heavy atom. The van der Waals surface area contributed by atoms with E-state index in [1.54, 1.807) is 6.92 Å². The van der Waals surface area contributed by atoms with E-state index in [1.165, 1.54) is 7.11 Å². The molecule has 0 aromatic rings. The Balaban J connectivity index is 2.82. The second-order valence-electron chi connectivity index (χ2n) is 4.51. The first-order valence-corrected chi connectivity index (χ1v) is 6.34. The summed E-state index contributed by atoms with van der Waals surface area (Å²) in [6, 6.07) is 0. The largest absolute Gasteiger partial charge is 0.469 e. The van der Waals surface area contributed by atoms with Crippen LogP contribution in [0, 0.1) is 5.41 Å². The fourth-order valence-corrected chi connectivity index (χ4v) is 2.36. The van der Waals surface area contributed by atoms with Gasteiger partial charge in [-0.15, -0.1) is 0 Å². The molecule has 1 atom stereocenters. The van der Waals surface area contributed by atoms with E-state index in [2.05, 4.69) is 4.74 Å². The Bertz CT molecular complexity index is 336. The molecule has 102 valence electrons. The third-order valence-corrected chi connectivity index (χ3v) is 3.44. The van der Waals surface area contributed by atoms with Gasteiger partial charge in [0.2, 0.25) is 0 Å². The second-order valence-corrected chi connectivity index (χ2v) is 4.51. The highest BCUT2D eigenvalue weighted by Gasteiger charge is 2.47. The lowest BCUT2D eigenvalue weighted by Gasteiger charge is -2.32. The SMILES string of the molecule is CCOC(=O)[C@@]1(CCC(=O)OC)CCCCC1=O. The molecule has 0 saturated heterocycles. The summed E-state index contributed by atoms with van der Waals surface area (Å²) in [5, 5.41) is 0. The van der Waals surface area contributed by atoms with Crippen molar-refractivity contribution < 1.29 is 23.9 Å². The monoisotopic (exact) mass is 256 g/mol. The number of hydrogen-bond donors (Lipinski definition) is 0. The summed E-state index contributed by atoms with van der Waals surface area (Å²) >= 11 is 0. The second kappa shape index (κ2) is 6.52. The number of carbonyl (C=O) groups is 3. The minimum atomic E-state index is -1.12. The molecule has 5 nitrogen and oxygen atoms in total. The standard InChI is InChI=1S/C13H20O5/c1-3-18-12(16)13(9-7-11(15)17-2)8-5-4-6-10(13)14/h3-9H2,1-2H3/t13-/m1/s1. The van der Waals surface area contributed by atoms with Gasteiger partial charge in [0, 0.05) is 12.8 Å². The summed E-state index contributed by atoms with van der Waals surface area (Å²) in [5.41, 5.74) is -1.12. The van der Waals surface area contributed by atoms with E-state index >= 15 is 0 Å². The van der Waals surface area contributed by atoms with Gasteiger partial charge in [0.15, 0.2) is 0 Å². The first-order valence-electron chi connectivity index (χ1n) is 6.34. The summed E-state index contributed by atoms with van der Waals surface area (Å²) in [4.78, 5) is 35.3. The zero-order valence-electron chi connectivity index (χ0n) is 11.0. The van der Waals surface area contributed by atoms with Crippen molar-refractivity contribution in [1.29, 1.82) is 0 Å². The number of hydrogen-bond acceptors (Lipinski definition) is 5. The average molecular weight is 256 g/mol. The smallest absolute Gasteiger partial charge is 0.319 e. The molecule has 18 heavy (non-hydrogen) atoms. The van der Waals surface area contributed by atoms with E-state index in [1.807, 2.05) is 0 Å². The van der Waals surface area contributed by atoms with Crippen molar-refractivity contribution in [1.82, 2.24) is 0 Å². The lowest BCUT2D eigenvalue weighted by Crippen LogP contribution is -2.43. The molecule has 0 bridgehead atoms. The molecule has 0 aliphatic heterocycles. The Morgan fingerprint density at radius 3 is 2.61 bits per heavy atom. The molecule has 0 heterocycles. The highest BCUT2D eigenvalue weighted by molar-refractivity contribution is 6.04. The Kier molecular flexibility index (Phi) is 5.31. The van der Waals surface area contributed by atoms with E-state index in [9.17, 15) is 14.4 Å². The van der Waals surface area contributed by atoms with Crippen molar-refractivity contribution in [2.45, 2.75) is 45.4 Å². The van der Waals surface area contributed by atoms with Gasteiger partial charge in [-0.2, -0.15) is 0 Å². The van der Waals surface area contributed by atoms with Crippen molar-refractivity contribution >= 4 is 17.7 Å². The highest BCUT2D eigenvalue weighted by atomic mass is 16.5. The molecule has 0 aromatic carbocycles. The molecule has 1 saturated carbocycles. The molecule has 1 fully saturated rings. The van der Waals surface area contributed by atoms with E-state index in [0.717, 1.165) is 12.8 Å². The number of ketones is 1. The number of Topliss-reactive ketones (excluding diaryl/α,β-unsaturated/α-hetero) is 1. The first-order chi connectivity index (χ1) is 8.56. The summed E-state index contributed by atoms with van der Waals surface area (Å²) in [6.07, 6.45) is 2.74. The molecule has 1 aliphatic carbocycles. The molecule has 0 spiro atoms. The van der Waals surface area contributed by atoms with Crippen LogP contribution < -0.4 is 0 Å². The van der Waals surface area contributed by atoms with E-state index in [4.69, 9.17) is 4.74 Å². The molecule has 5 heteroatoms. The zero-order chi connectivity index (χ0) is 13.6. The molecule has 0 N–H and O–H groups in total. The maximum atomic E-state index is 12.1. The number of methoxy groups -OCH3 is 1. The maximum absolute atomic E-state index is 12.1. The van der Waals surface area contributed by atoms with Crippen molar-refractivity contribution in [2.24, 2.45) is 5.41 Å². The highest BCUT2D eigenvalue weighted by Crippen LogP contribution is 2.38. The molecular weight excluding hydrogens is 236 g/mol. The topological polar surface area (TPSA) is 69.7 Å². The molecule has 1 rings (SSSR count). The predicted octanol–water partition coefficient (Wildman–Crippen LogP) is 1.63. The third kappa shape index (κ3) is 3.09. The fraction of sp³-hybridized carbons (Fsp3) is 0.769. The van der Waals surface area contributed by atoms with Crippen LogP contribution in [0.5, 0.6) is 0 Å². The zero-order valence-corrected chi connectivity index (χ0v) is 11.0. The minimum Gasteiger partial charge on any atom is -0.469 e. The molecule has 1 aliphatic rings. The lowest BCUT2D eigenvalue weighted by molar-refractivity contribution is -0.163. The van der Waals surface area contributed by atoms with Gasteiger partial charge in [0.05, 0.1) is 13.7 Å². The van der Waals surface area contributed by atoms with Gasteiger partial charge in [-0.25, -0.2) is 0 Å². The van der Waals surface area contributed by atoms with E-state index in [0.29, 0.717) is 12.8 Å².